The molecule has 0 aliphatic heterocycles. The number of nitrogens with two attached hydrogens (primary N) is 1. The maximum Gasteiger partial charge on any atom is 0.139 e. The first-order valence-corrected chi connectivity index (χ1v) is 8.08. The molecule has 1 aliphatic rings. The number of nitrogens with zero attached hydrogens (tertiary/aromatic N) is 2. The summed E-state index contributed by atoms with van der Waals surface area (Å²) in [4.78, 5) is 7.72. The summed E-state index contributed by atoms with van der Waals surface area (Å²) in [6.07, 6.45) is 5.75. The van der Waals surface area contributed by atoms with Crippen LogP contribution in [0, 0.1) is 0 Å². The number of anilines is 1. The van der Waals surface area contributed by atoms with Crippen LogP contribution in [-0.2, 0) is 12.8 Å². The molecule has 1 aromatic rings. The lowest BCUT2D eigenvalue weighted by atomic mass is 9.94. The minimum Gasteiger partial charge on any atom is -0.389 e. The molecule has 1 aliphatic carbocycles. The predicted molar refractivity (Wildman–Crippen MR) is 89.5 cm³/mol. The number of pyridine rings is 1. The van der Waals surface area contributed by atoms with Gasteiger partial charge >= 0.3 is 0 Å². The Bertz CT molecular complexity index is 499. The number of fused-ring (bicyclic) bond motifs is 1. The van der Waals surface area contributed by atoms with E-state index in [1.54, 1.807) is 0 Å². The zero-order chi connectivity index (χ0) is 14.7. The predicted octanol–water partition coefficient (Wildman–Crippen LogP) is 3.22. The summed E-state index contributed by atoms with van der Waals surface area (Å²) < 4.78 is 0. The van der Waals surface area contributed by atoms with Crippen molar-refractivity contribution in [3.63, 3.8) is 0 Å². The normalized spacial score (nSPS) is 15.6. The van der Waals surface area contributed by atoms with Crippen LogP contribution in [-0.4, -0.2) is 22.6 Å². The van der Waals surface area contributed by atoms with Crippen LogP contribution < -0.4 is 10.6 Å². The first kappa shape index (κ1) is 15.2. The average molecular weight is 291 g/mol. The summed E-state index contributed by atoms with van der Waals surface area (Å²) in [5.74, 6) is 0.981. The minimum atomic E-state index is 0.447. The van der Waals surface area contributed by atoms with E-state index in [2.05, 4.69) is 31.7 Å². The van der Waals surface area contributed by atoms with Crippen molar-refractivity contribution in [1.82, 2.24) is 4.98 Å². The van der Waals surface area contributed by atoms with Crippen molar-refractivity contribution < 1.29 is 0 Å². The van der Waals surface area contributed by atoms with Crippen LogP contribution in [0.5, 0.6) is 0 Å². The molecule has 0 amide bonds. The molecule has 4 heteroatoms. The maximum absolute atomic E-state index is 5.95. The zero-order valence-electron chi connectivity index (χ0n) is 12.8. The molecule has 2 N–H and O–H groups in total. The van der Waals surface area contributed by atoms with Gasteiger partial charge in [-0.1, -0.05) is 19.1 Å². The third-order valence-electron chi connectivity index (χ3n) is 4.28. The van der Waals surface area contributed by atoms with Gasteiger partial charge in [0.25, 0.3) is 0 Å². The van der Waals surface area contributed by atoms with Gasteiger partial charge in [-0.25, -0.2) is 4.98 Å². The molecular weight excluding hydrogens is 266 g/mol. The third kappa shape index (κ3) is 2.95. The maximum atomic E-state index is 5.95. The highest BCUT2D eigenvalue weighted by Crippen LogP contribution is 2.28. The van der Waals surface area contributed by atoms with Crippen LogP contribution in [0.15, 0.2) is 6.07 Å². The lowest BCUT2D eigenvalue weighted by Gasteiger charge is -2.31. The molecule has 0 bridgehead atoms. The van der Waals surface area contributed by atoms with Gasteiger partial charge in [-0.15, -0.1) is 0 Å². The molecule has 0 aromatic carbocycles. The average Bonchev–Trinajstić information content (AvgIpc) is 2.46. The molecule has 2 rings (SSSR count). The largest absolute Gasteiger partial charge is 0.389 e. The first-order valence-electron chi connectivity index (χ1n) is 7.67. The fourth-order valence-electron chi connectivity index (χ4n) is 2.91. The highest BCUT2D eigenvalue weighted by molar-refractivity contribution is 7.80. The van der Waals surface area contributed by atoms with Gasteiger partial charge in [-0.05, 0) is 57.6 Å². The Labute approximate surface area is 127 Å². The highest BCUT2D eigenvalue weighted by Gasteiger charge is 2.21. The molecule has 110 valence electrons. The summed E-state index contributed by atoms with van der Waals surface area (Å²) in [6.45, 7) is 7.52. The molecule has 0 saturated carbocycles. The van der Waals surface area contributed by atoms with E-state index in [-0.39, 0.29) is 0 Å². The van der Waals surface area contributed by atoms with Gasteiger partial charge in [0, 0.05) is 18.3 Å². The Hall–Kier alpha value is -1.16. The van der Waals surface area contributed by atoms with Crippen molar-refractivity contribution in [1.29, 1.82) is 0 Å². The Balaban J connectivity index is 2.51. The molecule has 0 saturated heterocycles. The molecule has 3 nitrogen and oxygen atoms in total. The van der Waals surface area contributed by atoms with Gasteiger partial charge < -0.3 is 10.6 Å². The monoisotopic (exact) mass is 291 g/mol. The van der Waals surface area contributed by atoms with Gasteiger partial charge in [0.2, 0.25) is 0 Å². The van der Waals surface area contributed by atoms with E-state index >= 15 is 0 Å². The lowest BCUT2D eigenvalue weighted by molar-refractivity contribution is 0.614. The summed E-state index contributed by atoms with van der Waals surface area (Å²) in [7, 11) is 0. The lowest BCUT2D eigenvalue weighted by Crippen LogP contribution is -2.35. The Morgan fingerprint density at radius 2 is 2.10 bits per heavy atom. The second-order valence-electron chi connectivity index (χ2n) is 5.58. The molecule has 20 heavy (non-hydrogen) atoms. The van der Waals surface area contributed by atoms with Gasteiger partial charge in [0.15, 0.2) is 0 Å². The molecule has 0 fully saturated rings. The Morgan fingerprint density at radius 3 is 2.70 bits per heavy atom. The van der Waals surface area contributed by atoms with Crippen LogP contribution in [0.3, 0.4) is 0 Å². The third-order valence-corrected chi connectivity index (χ3v) is 4.50. The summed E-state index contributed by atoms with van der Waals surface area (Å²) in [5, 5.41) is 0. The number of rotatable bonds is 5. The van der Waals surface area contributed by atoms with Gasteiger partial charge in [0.1, 0.15) is 10.8 Å². The molecule has 1 heterocycles. The fraction of sp³-hybridized carbons (Fsp3) is 0.625. The van der Waals surface area contributed by atoms with Crippen LogP contribution in [0.4, 0.5) is 5.82 Å². The van der Waals surface area contributed by atoms with Gasteiger partial charge in [-0.2, -0.15) is 0 Å². The fourth-order valence-corrected chi connectivity index (χ4v) is 3.06. The number of hydrogen-bond donors (Lipinski definition) is 1. The van der Waals surface area contributed by atoms with E-state index in [1.165, 1.54) is 24.1 Å². The van der Waals surface area contributed by atoms with Crippen molar-refractivity contribution in [3.05, 3.63) is 22.9 Å². The number of aryl methyl sites for hydroxylation is 2. The summed E-state index contributed by atoms with van der Waals surface area (Å²) in [6, 6.07) is 2.63. The second-order valence-corrected chi connectivity index (χ2v) is 6.02. The summed E-state index contributed by atoms with van der Waals surface area (Å²) in [5.41, 5.74) is 9.47. The van der Waals surface area contributed by atoms with Crippen LogP contribution in [0.1, 0.15) is 56.9 Å². The van der Waals surface area contributed by atoms with Crippen LogP contribution in [0.25, 0.3) is 0 Å². The van der Waals surface area contributed by atoms with Crippen LogP contribution >= 0.6 is 12.2 Å². The molecule has 0 spiro atoms. The molecular formula is C16H25N3S. The van der Waals surface area contributed by atoms with E-state index in [1.807, 2.05) is 0 Å². The number of aromatic nitrogens is 1. The van der Waals surface area contributed by atoms with Crippen molar-refractivity contribution in [2.75, 3.05) is 11.4 Å². The van der Waals surface area contributed by atoms with E-state index in [0.717, 1.165) is 37.2 Å². The van der Waals surface area contributed by atoms with Crippen molar-refractivity contribution in [3.8, 4) is 0 Å². The minimum absolute atomic E-state index is 0.447. The highest BCUT2D eigenvalue weighted by atomic mass is 32.1. The van der Waals surface area contributed by atoms with Crippen LogP contribution in [0.2, 0.25) is 0 Å². The van der Waals surface area contributed by atoms with Crippen molar-refractivity contribution in [2.24, 2.45) is 5.73 Å². The Morgan fingerprint density at radius 1 is 1.40 bits per heavy atom. The van der Waals surface area contributed by atoms with Gasteiger partial charge in [-0.3, -0.25) is 0 Å². The van der Waals surface area contributed by atoms with E-state index < -0.39 is 0 Å². The molecule has 0 radical (unpaired) electrons. The molecule has 1 atom stereocenters. The van der Waals surface area contributed by atoms with E-state index in [4.69, 9.17) is 22.9 Å². The van der Waals surface area contributed by atoms with Crippen molar-refractivity contribution in [2.45, 2.75) is 58.9 Å². The first-order chi connectivity index (χ1) is 9.58. The van der Waals surface area contributed by atoms with Gasteiger partial charge in [0.05, 0.1) is 5.56 Å². The summed E-state index contributed by atoms with van der Waals surface area (Å²) >= 11 is 5.26. The van der Waals surface area contributed by atoms with Crippen molar-refractivity contribution >= 4 is 23.0 Å². The van der Waals surface area contributed by atoms with E-state index in [0.29, 0.717) is 11.0 Å². The second kappa shape index (κ2) is 6.53. The Kier molecular flexibility index (Phi) is 4.97. The standard InChI is InChI=1S/C16H25N3S/c1-4-11(3)19(5-2)16-13(15(17)20)10-12-8-6-7-9-14(12)18-16/h10-11H,4-9H2,1-3H3,(H2,17,20). The topological polar surface area (TPSA) is 42.2 Å². The number of thiocarbonyl (C=S) groups is 1. The molecule has 1 unspecified atom stereocenters. The number of hydrogen-bond acceptors (Lipinski definition) is 3. The van der Waals surface area contributed by atoms with E-state index in [9.17, 15) is 0 Å². The molecule has 1 aromatic heterocycles. The quantitative estimate of drug-likeness (QED) is 0.846. The smallest absolute Gasteiger partial charge is 0.139 e. The SMILES string of the molecule is CCC(C)N(CC)c1nc2c(cc1C(N)=S)CCCC2. The zero-order valence-corrected chi connectivity index (χ0v) is 13.6.